The highest BCUT2D eigenvalue weighted by molar-refractivity contribution is 14.1. The van der Waals surface area contributed by atoms with Gasteiger partial charge in [-0.15, -0.1) is 0 Å². The summed E-state index contributed by atoms with van der Waals surface area (Å²) in [5, 5.41) is 0. The van der Waals surface area contributed by atoms with Crippen molar-refractivity contribution in [2.45, 2.75) is 25.7 Å². The second kappa shape index (κ2) is 5.17. The normalized spacial score (nSPS) is 34.2. The molecule has 0 nitrogen and oxygen atoms in total. The van der Waals surface area contributed by atoms with Crippen LogP contribution in [0.1, 0.15) is 25.7 Å². The minimum Gasteiger partial charge on any atom is -0.0861 e. The molecular weight excluding hydrogens is 350 g/mol. The summed E-state index contributed by atoms with van der Waals surface area (Å²) >= 11 is 5.08. The lowest BCUT2D eigenvalue weighted by atomic mass is 9.82. The van der Waals surface area contributed by atoms with Crippen LogP contribution in [0.4, 0.5) is 0 Å². The van der Waals surface area contributed by atoms with Crippen LogP contribution in [-0.4, -0.2) is 8.86 Å². The van der Waals surface area contributed by atoms with E-state index >= 15 is 0 Å². The van der Waals surface area contributed by atoms with E-state index in [1.807, 2.05) is 0 Å². The van der Waals surface area contributed by atoms with Crippen LogP contribution in [-0.2, 0) is 0 Å². The monoisotopic (exact) mass is 364 g/mol. The third kappa shape index (κ3) is 2.50. The van der Waals surface area contributed by atoms with Crippen molar-refractivity contribution in [1.29, 1.82) is 0 Å². The summed E-state index contributed by atoms with van der Waals surface area (Å²) in [5.74, 6) is 2.09. The van der Waals surface area contributed by atoms with E-state index in [2.05, 4.69) is 45.2 Å². The highest BCUT2D eigenvalue weighted by Crippen LogP contribution is 2.32. The quantitative estimate of drug-likeness (QED) is 0.518. The molecule has 0 aromatic carbocycles. The average Bonchev–Trinajstić information content (AvgIpc) is 2.04. The second-order valence-electron chi connectivity index (χ2n) is 3.11. The van der Waals surface area contributed by atoms with Crippen molar-refractivity contribution in [3.8, 4) is 0 Å². The van der Waals surface area contributed by atoms with Crippen molar-refractivity contribution in [3.63, 3.8) is 0 Å². The molecule has 0 radical (unpaired) electrons. The van der Waals surface area contributed by atoms with Gasteiger partial charge in [0.15, 0.2) is 0 Å². The Bertz CT molecular complexity index is 81.3. The molecule has 0 bridgehead atoms. The van der Waals surface area contributed by atoms with Gasteiger partial charge in [-0.25, -0.2) is 0 Å². The Hall–Kier alpha value is 1.46. The molecule has 0 spiro atoms. The summed E-state index contributed by atoms with van der Waals surface area (Å²) in [6.07, 6.45) is 5.97. The van der Waals surface area contributed by atoms with Crippen LogP contribution in [0.2, 0.25) is 0 Å². The molecule has 10 heavy (non-hydrogen) atoms. The maximum absolute atomic E-state index is 2.54. The molecule has 0 heterocycles. The van der Waals surface area contributed by atoms with E-state index in [1.165, 1.54) is 34.5 Å². The van der Waals surface area contributed by atoms with E-state index in [1.54, 1.807) is 0 Å². The Morgan fingerprint density at radius 2 is 1.30 bits per heavy atom. The Balaban J connectivity index is 2.34. The van der Waals surface area contributed by atoms with Crippen LogP contribution < -0.4 is 0 Å². The average molecular weight is 364 g/mol. The van der Waals surface area contributed by atoms with E-state index in [9.17, 15) is 0 Å². The van der Waals surface area contributed by atoms with E-state index < -0.39 is 0 Å². The summed E-state index contributed by atoms with van der Waals surface area (Å²) in [7, 11) is 0. The van der Waals surface area contributed by atoms with Gasteiger partial charge in [0, 0.05) is 8.86 Å². The molecule has 60 valence electrons. The van der Waals surface area contributed by atoms with Gasteiger partial charge >= 0.3 is 0 Å². The first kappa shape index (κ1) is 9.55. The smallest absolute Gasteiger partial charge is 0.00266 e. The molecule has 1 saturated carbocycles. The molecule has 0 aromatic rings. The minimum atomic E-state index is 1.05. The first-order valence-electron chi connectivity index (χ1n) is 4.00. The van der Waals surface area contributed by atoms with Gasteiger partial charge in [-0.3, -0.25) is 0 Å². The molecule has 1 fully saturated rings. The molecule has 0 amide bonds. The van der Waals surface area contributed by atoms with Crippen molar-refractivity contribution in [3.05, 3.63) is 0 Å². The maximum atomic E-state index is 2.54. The number of hydrogen-bond acceptors (Lipinski definition) is 0. The fourth-order valence-corrected chi connectivity index (χ4v) is 4.01. The van der Waals surface area contributed by atoms with Gasteiger partial charge in [-0.1, -0.05) is 58.0 Å². The summed E-state index contributed by atoms with van der Waals surface area (Å²) in [5.41, 5.74) is 0. The van der Waals surface area contributed by atoms with Crippen LogP contribution in [0.25, 0.3) is 0 Å². The minimum absolute atomic E-state index is 1.05. The molecular formula is C8H14I2. The van der Waals surface area contributed by atoms with Crippen LogP contribution in [0.15, 0.2) is 0 Å². The lowest BCUT2D eigenvalue weighted by Gasteiger charge is -2.28. The SMILES string of the molecule is ICC1CCCCC1CI. The van der Waals surface area contributed by atoms with Crippen LogP contribution in [0, 0.1) is 11.8 Å². The fraction of sp³-hybridized carbons (Fsp3) is 1.00. The van der Waals surface area contributed by atoms with Crippen molar-refractivity contribution in [2.75, 3.05) is 8.86 Å². The van der Waals surface area contributed by atoms with Gasteiger partial charge < -0.3 is 0 Å². The van der Waals surface area contributed by atoms with E-state index in [0.29, 0.717) is 0 Å². The fourth-order valence-electron chi connectivity index (χ4n) is 1.69. The predicted octanol–water partition coefficient (Wildman–Crippen LogP) is 3.66. The molecule has 1 aliphatic carbocycles. The molecule has 1 aliphatic rings. The molecule has 2 heteroatoms. The highest BCUT2D eigenvalue weighted by Gasteiger charge is 2.22. The first-order chi connectivity index (χ1) is 4.88. The molecule has 0 saturated heterocycles. The lowest BCUT2D eigenvalue weighted by Crippen LogP contribution is -2.21. The summed E-state index contributed by atoms with van der Waals surface area (Å²) in [6.45, 7) is 0. The van der Waals surface area contributed by atoms with Crippen molar-refractivity contribution in [2.24, 2.45) is 11.8 Å². The van der Waals surface area contributed by atoms with Crippen LogP contribution >= 0.6 is 45.2 Å². The van der Waals surface area contributed by atoms with Crippen LogP contribution in [0.3, 0.4) is 0 Å². The Labute approximate surface area is 90.8 Å². The summed E-state index contributed by atoms with van der Waals surface area (Å²) in [6, 6.07) is 0. The van der Waals surface area contributed by atoms with Gasteiger partial charge in [0.25, 0.3) is 0 Å². The van der Waals surface area contributed by atoms with Crippen molar-refractivity contribution in [1.82, 2.24) is 0 Å². The zero-order chi connectivity index (χ0) is 7.40. The second-order valence-corrected chi connectivity index (χ2v) is 4.87. The summed E-state index contributed by atoms with van der Waals surface area (Å²) in [4.78, 5) is 0. The van der Waals surface area contributed by atoms with Gasteiger partial charge in [-0.2, -0.15) is 0 Å². The lowest BCUT2D eigenvalue weighted by molar-refractivity contribution is 0.293. The Kier molecular flexibility index (Phi) is 4.93. The largest absolute Gasteiger partial charge is 0.0861 e. The number of alkyl halides is 2. The Morgan fingerprint density at radius 3 is 1.60 bits per heavy atom. The number of halogens is 2. The van der Waals surface area contributed by atoms with Gasteiger partial charge in [0.1, 0.15) is 0 Å². The molecule has 0 aromatic heterocycles. The third-order valence-corrected chi connectivity index (χ3v) is 4.73. The van der Waals surface area contributed by atoms with Crippen molar-refractivity contribution >= 4 is 45.2 Å². The molecule has 0 aliphatic heterocycles. The van der Waals surface area contributed by atoms with Crippen molar-refractivity contribution < 1.29 is 0 Å². The number of rotatable bonds is 2. The standard InChI is InChI=1S/C8H14I2/c9-5-7-3-1-2-4-8(7)6-10/h7-8H,1-6H2. The number of hydrogen-bond donors (Lipinski definition) is 0. The van der Waals surface area contributed by atoms with E-state index in [-0.39, 0.29) is 0 Å². The van der Waals surface area contributed by atoms with E-state index in [0.717, 1.165) is 11.8 Å². The summed E-state index contributed by atoms with van der Waals surface area (Å²) < 4.78 is 2.76. The predicted molar refractivity (Wildman–Crippen MR) is 63.2 cm³/mol. The third-order valence-electron chi connectivity index (χ3n) is 2.46. The maximum Gasteiger partial charge on any atom is 0.00266 e. The van der Waals surface area contributed by atoms with Gasteiger partial charge in [-0.05, 0) is 24.7 Å². The van der Waals surface area contributed by atoms with Crippen LogP contribution in [0.5, 0.6) is 0 Å². The van der Waals surface area contributed by atoms with Gasteiger partial charge in [0.05, 0.1) is 0 Å². The molecule has 2 unspecified atom stereocenters. The first-order valence-corrected chi connectivity index (χ1v) is 7.05. The highest BCUT2D eigenvalue weighted by atomic mass is 127. The molecule has 1 rings (SSSR count). The zero-order valence-electron chi connectivity index (χ0n) is 6.15. The Morgan fingerprint density at radius 1 is 0.900 bits per heavy atom. The molecule has 0 N–H and O–H groups in total. The van der Waals surface area contributed by atoms with E-state index in [4.69, 9.17) is 0 Å². The topological polar surface area (TPSA) is 0 Å². The molecule has 2 atom stereocenters. The zero-order valence-corrected chi connectivity index (χ0v) is 10.5. The van der Waals surface area contributed by atoms with Gasteiger partial charge in [0.2, 0.25) is 0 Å².